The Balaban J connectivity index is 1.71. The van der Waals surface area contributed by atoms with E-state index in [1.165, 1.54) is 44.3 Å². The third-order valence-electron chi connectivity index (χ3n) is 4.34. The van der Waals surface area contributed by atoms with Crippen molar-refractivity contribution in [3.63, 3.8) is 0 Å². The maximum atomic E-state index is 3.58. The zero-order valence-electron chi connectivity index (χ0n) is 12.4. The molecule has 106 valence electrons. The fraction of sp³-hybridized carbons (Fsp3) is 0.647. The lowest BCUT2D eigenvalue weighted by Crippen LogP contribution is -2.45. The van der Waals surface area contributed by atoms with Crippen molar-refractivity contribution in [1.82, 2.24) is 10.2 Å². The highest BCUT2D eigenvalue weighted by molar-refractivity contribution is 5.14. The molecule has 1 fully saturated rings. The highest BCUT2D eigenvalue weighted by Crippen LogP contribution is 2.16. The molecule has 0 spiro atoms. The standard InChI is InChI=1S/C17H28N2/c1-3-18-17-11-13-19(14-12-17)15(2)9-10-16-7-5-4-6-8-16/h4-8,15,17-18H,3,9-14H2,1-2H3. The number of hydrogen-bond acceptors (Lipinski definition) is 2. The molecule has 0 radical (unpaired) electrons. The van der Waals surface area contributed by atoms with Gasteiger partial charge >= 0.3 is 0 Å². The first-order chi connectivity index (χ1) is 9.29. The van der Waals surface area contributed by atoms with E-state index in [1.54, 1.807) is 0 Å². The number of nitrogens with zero attached hydrogens (tertiary/aromatic N) is 1. The van der Waals surface area contributed by atoms with Crippen LogP contribution in [-0.4, -0.2) is 36.6 Å². The maximum Gasteiger partial charge on any atom is 0.00912 e. The molecule has 0 amide bonds. The lowest BCUT2D eigenvalue weighted by atomic mass is 10.0. The predicted octanol–water partition coefficient (Wildman–Crippen LogP) is 3.08. The summed E-state index contributed by atoms with van der Waals surface area (Å²) in [6.45, 7) is 8.21. The quantitative estimate of drug-likeness (QED) is 0.845. The highest BCUT2D eigenvalue weighted by Gasteiger charge is 2.21. The number of aryl methyl sites for hydroxylation is 1. The van der Waals surface area contributed by atoms with Crippen molar-refractivity contribution in [1.29, 1.82) is 0 Å². The van der Waals surface area contributed by atoms with Gasteiger partial charge in [-0.3, -0.25) is 0 Å². The van der Waals surface area contributed by atoms with Gasteiger partial charge in [0.15, 0.2) is 0 Å². The summed E-state index contributed by atoms with van der Waals surface area (Å²) in [5, 5.41) is 3.58. The van der Waals surface area contributed by atoms with Crippen LogP contribution in [0.25, 0.3) is 0 Å². The molecule has 1 saturated heterocycles. The van der Waals surface area contributed by atoms with Gasteiger partial charge in [0.1, 0.15) is 0 Å². The first-order valence-electron chi connectivity index (χ1n) is 7.81. The lowest BCUT2D eigenvalue weighted by molar-refractivity contribution is 0.147. The van der Waals surface area contributed by atoms with Crippen LogP contribution in [-0.2, 0) is 6.42 Å². The Morgan fingerprint density at radius 2 is 1.89 bits per heavy atom. The van der Waals surface area contributed by atoms with E-state index in [9.17, 15) is 0 Å². The fourth-order valence-corrected chi connectivity index (χ4v) is 3.04. The second-order valence-corrected chi connectivity index (χ2v) is 5.74. The molecule has 2 nitrogen and oxygen atoms in total. The van der Waals surface area contributed by atoms with Gasteiger partial charge in [-0.15, -0.1) is 0 Å². The van der Waals surface area contributed by atoms with Crippen molar-refractivity contribution in [2.45, 2.75) is 51.6 Å². The minimum Gasteiger partial charge on any atom is -0.314 e. The number of likely N-dealkylation sites (tertiary alicyclic amines) is 1. The molecule has 1 heterocycles. The van der Waals surface area contributed by atoms with Crippen LogP contribution in [0.1, 0.15) is 38.7 Å². The molecule has 1 unspecified atom stereocenters. The lowest BCUT2D eigenvalue weighted by Gasteiger charge is -2.36. The van der Waals surface area contributed by atoms with E-state index < -0.39 is 0 Å². The van der Waals surface area contributed by atoms with E-state index in [-0.39, 0.29) is 0 Å². The number of hydrogen-bond donors (Lipinski definition) is 1. The van der Waals surface area contributed by atoms with E-state index in [2.05, 4.69) is 54.4 Å². The SMILES string of the molecule is CCNC1CCN(C(C)CCc2ccccc2)CC1. The Bertz CT molecular complexity index is 342. The largest absolute Gasteiger partial charge is 0.314 e. The van der Waals surface area contributed by atoms with Crippen LogP contribution in [0.2, 0.25) is 0 Å². The summed E-state index contributed by atoms with van der Waals surface area (Å²) in [6, 6.07) is 12.3. The van der Waals surface area contributed by atoms with Gasteiger partial charge in [0.05, 0.1) is 0 Å². The number of benzene rings is 1. The van der Waals surface area contributed by atoms with Crippen LogP contribution in [0, 0.1) is 0 Å². The normalized spacial score (nSPS) is 19.5. The summed E-state index contributed by atoms with van der Waals surface area (Å²) in [5.74, 6) is 0. The van der Waals surface area contributed by atoms with Crippen LogP contribution < -0.4 is 5.32 Å². The molecule has 0 aliphatic carbocycles. The Morgan fingerprint density at radius 3 is 2.53 bits per heavy atom. The smallest absolute Gasteiger partial charge is 0.00912 e. The summed E-state index contributed by atoms with van der Waals surface area (Å²) in [6.07, 6.45) is 5.10. The number of piperidine rings is 1. The molecule has 1 aromatic carbocycles. The first kappa shape index (κ1) is 14.5. The molecular formula is C17H28N2. The van der Waals surface area contributed by atoms with Gasteiger partial charge in [-0.05, 0) is 57.8 Å². The summed E-state index contributed by atoms with van der Waals surface area (Å²) < 4.78 is 0. The van der Waals surface area contributed by atoms with E-state index in [1.807, 2.05) is 0 Å². The third kappa shape index (κ3) is 4.63. The molecule has 19 heavy (non-hydrogen) atoms. The van der Waals surface area contributed by atoms with E-state index >= 15 is 0 Å². The summed E-state index contributed by atoms with van der Waals surface area (Å²) >= 11 is 0. The molecule has 1 N–H and O–H groups in total. The van der Waals surface area contributed by atoms with Crippen LogP contribution in [0.3, 0.4) is 0 Å². The van der Waals surface area contributed by atoms with Gasteiger partial charge in [0, 0.05) is 12.1 Å². The summed E-state index contributed by atoms with van der Waals surface area (Å²) in [4.78, 5) is 2.66. The average molecular weight is 260 g/mol. The topological polar surface area (TPSA) is 15.3 Å². The van der Waals surface area contributed by atoms with Crippen LogP contribution >= 0.6 is 0 Å². The Labute approximate surface area is 118 Å². The predicted molar refractivity (Wildman–Crippen MR) is 82.5 cm³/mol. The van der Waals surface area contributed by atoms with Crippen molar-refractivity contribution in [3.05, 3.63) is 35.9 Å². The second kappa shape index (κ2) is 7.66. The fourth-order valence-electron chi connectivity index (χ4n) is 3.04. The minimum absolute atomic E-state index is 0.711. The molecule has 1 aliphatic heterocycles. The van der Waals surface area contributed by atoms with Gasteiger partial charge < -0.3 is 10.2 Å². The Morgan fingerprint density at radius 1 is 1.21 bits per heavy atom. The van der Waals surface area contributed by atoms with E-state index in [4.69, 9.17) is 0 Å². The molecule has 0 aromatic heterocycles. The highest BCUT2D eigenvalue weighted by atomic mass is 15.2. The summed E-state index contributed by atoms with van der Waals surface area (Å²) in [7, 11) is 0. The van der Waals surface area contributed by atoms with Crippen LogP contribution in [0.5, 0.6) is 0 Å². The first-order valence-corrected chi connectivity index (χ1v) is 7.81. The second-order valence-electron chi connectivity index (χ2n) is 5.74. The van der Waals surface area contributed by atoms with Crippen molar-refractivity contribution < 1.29 is 0 Å². The molecule has 2 heteroatoms. The van der Waals surface area contributed by atoms with Crippen molar-refractivity contribution in [2.75, 3.05) is 19.6 Å². The summed E-state index contributed by atoms with van der Waals surface area (Å²) in [5.41, 5.74) is 1.47. The monoisotopic (exact) mass is 260 g/mol. The molecule has 2 rings (SSSR count). The maximum absolute atomic E-state index is 3.58. The minimum atomic E-state index is 0.711. The van der Waals surface area contributed by atoms with Crippen LogP contribution in [0.15, 0.2) is 30.3 Å². The third-order valence-corrected chi connectivity index (χ3v) is 4.34. The molecule has 1 aliphatic rings. The Kier molecular flexibility index (Phi) is 5.87. The van der Waals surface area contributed by atoms with Crippen molar-refractivity contribution in [3.8, 4) is 0 Å². The van der Waals surface area contributed by atoms with Gasteiger partial charge in [-0.1, -0.05) is 37.3 Å². The van der Waals surface area contributed by atoms with Gasteiger partial charge in [0.25, 0.3) is 0 Å². The van der Waals surface area contributed by atoms with E-state index in [0.717, 1.165) is 12.6 Å². The average Bonchev–Trinajstić information content (AvgIpc) is 2.47. The molecule has 0 saturated carbocycles. The molecule has 0 bridgehead atoms. The zero-order chi connectivity index (χ0) is 13.5. The van der Waals surface area contributed by atoms with Crippen molar-refractivity contribution >= 4 is 0 Å². The molecular weight excluding hydrogens is 232 g/mol. The molecule has 1 atom stereocenters. The van der Waals surface area contributed by atoms with Gasteiger partial charge in [0.2, 0.25) is 0 Å². The van der Waals surface area contributed by atoms with E-state index in [0.29, 0.717) is 6.04 Å². The van der Waals surface area contributed by atoms with Gasteiger partial charge in [-0.25, -0.2) is 0 Å². The number of nitrogens with one attached hydrogen (secondary N) is 1. The molecule has 1 aromatic rings. The number of rotatable bonds is 6. The van der Waals surface area contributed by atoms with Crippen LogP contribution in [0.4, 0.5) is 0 Å². The zero-order valence-corrected chi connectivity index (χ0v) is 12.4. The van der Waals surface area contributed by atoms with Crippen molar-refractivity contribution in [2.24, 2.45) is 0 Å². The Hall–Kier alpha value is -0.860. The van der Waals surface area contributed by atoms with Gasteiger partial charge in [-0.2, -0.15) is 0 Å².